The molecule has 0 bridgehead atoms. The van der Waals surface area contributed by atoms with Crippen LogP contribution in [-0.4, -0.2) is 47.8 Å². The molecule has 1 aromatic rings. The average molecular weight is 332 g/mol. The maximum atomic E-state index is 12.7. The van der Waals surface area contributed by atoms with E-state index in [0.29, 0.717) is 0 Å². The third kappa shape index (κ3) is 3.92. The van der Waals surface area contributed by atoms with E-state index in [1.165, 1.54) is 6.07 Å². The van der Waals surface area contributed by atoms with Crippen LogP contribution in [0.25, 0.3) is 0 Å². The maximum Gasteiger partial charge on any atom is 0.416 e. The number of esters is 1. The Labute approximate surface area is 129 Å². The Morgan fingerprint density at radius 1 is 1.39 bits per heavy atom. The van der Waals surface area contributed by atoms with E-state index in [2.05, 4.69) is 10.1 Å². The van der Waals surface area contributed by atoms with Crippen LogP contribution in [0.15, 0.2) is 24.3 Å². The van der Waals surface area contributed by atoms with E-state index in [0.717, 1.165) is 30.2 Å². The molecule has 9 heteroatoms. The fourth-order valence-corrected chi connectivity index (χ4v) is 2.37. The third-order valence-corrected chi connectivity index (χ3v) is 3.45. The second-order valence-electron chi connectivity index (χ2n) is 5.09. The molecule has 1 saturated heterocycles. The summed E-state index contributed by atoms with van der Waals surface area (Å²) in [6.07, 6.45) is -5.41. The smallest absolute Gasteiger partial charge is 0.416 e. The topological polar surface area (TPSA) is 78.9 Å². The lowest BCUT2D eigenvalue weighted by molar-refractivity contribution is -0.145. The molecule has 0 spiro atoms. The number of carbonyl (C=O) groups is 2. The van der Waals surface area contributed by atoms with Gasteiger partial charge in [-0.2, -0.15) is 13.2 Å². The molecule has 23 heavy (non-hydrogen) atoms. The molecule has 1 aromatic carbocycles. The second kappa shape index (κ2) is 6.45. The summed E-state index contributed by atoms with van der Waals surface area (Å²) in [7, 11) is 1.15. The summed E-state index contributed by atoms with van der Waals surface area (Å²) >= 11 is 0. The van der Waals surface area contributed by atoms with Crippen molar-refractivity contribution in [3.63, 3.8) is 0 Å². The van der Waals surface area contributed by atoms with Gasteiger partial charge in [0.2, 0.25) is 0 Å². The minimum Gasteiger partial charge on any atom is -0.467 e. The van der Waals surface area contributed by atoms with Crippen molar-refractivity contribution in [2.45, 2.75) is 24.7 Å². The Balaban J connectivity index is 2.14. The van der Waals surface area contributed by atoms with Gasteiger partial charge in [0.1, 0.15) is 6.04 Å². The molecule has 1 aliphatic heterocycles. The van der Waals surface area contributed by atoms with Gasteiger partial charge in [-0.1, -0.05) is 6.07 Å². The highest BCUT2D eigenvalue weighted by molar-refractivity contribution is 5.93. The van der Waals surface area contributed by atoms with Gasteiger partial charge in [-0.3, -0.25) is 0 Å². The minimum atomic E-state index is -4.53. The molecule has 0 radical (unpaired) electrons. The van der Waals surface area contributed by atoms with Crippen LogP contribution in [0, 0.1) is 0 Å². The number of methoxy groups -OCH3 is 1. The first-order valence-corrected chi connectivity index (χ1v) is 6.73. The van der Waals surface area contributed by atoms with Crippen molar-refractivity contribution in [3.05, 3.63) is 29.8 Å². The van der Waals surface area contributed by atoms with Gasteiger partial charge in [0, 0.05) is 18.7 Å². The van der Waals surface area contributed by atoms with Gasteiger partial charge < -0.3 is 20.1 Å². The van der Waals surface area contributed by atoms with Crippen molar-refractivity contribution in [1.82, 2.24) is 4.90 Å². The number of hydrogen-bond acceptors (Lipinski definition) is 4. The molecule has 2 rings (SSSR count). The predicted octanol–water partition coefficient (Wildman–Crippen LogP) is 1.85. The molecule has 1 fully saturated rings. The van der Waals surface area contributed by atoms with Crippen molar-refractivity contribution >= 4 is 17.7 Å². The number of anilines is 1. The van der Waals surface area contributed by atoms with E-state index < -0.39 is 35.9 Å². The van der Waals surface area contributed by atoms with Crippen LogP contribution in [-0.2, 0) is 15.7 Å². The Morgan fingerprint density at radius 3 is 2.70 bits per heavy atom. The fourth-order valence-electron chi connectivity index (χ4n) is 2.37. The van der Waals surface area contributed by atoms with Gasteiger partial charge in [0.15, 0.2) is 0 Å². The molecule has 126 valence electrons. The Hall–Kier alpha value is -2.29. The number of alkyl halides is 3. The number of amides is 2. The summed E-state index contributed by atoms with van der Waals surface area (Å²) in [6, 6.07) is 2.38. The highest BCUT2D eigenvalue weighted by Gasteiger charge is 2.40. The monoisotopic (exact) mass is 332 g/mol. The van der Waals surface area contributed by atoms with Gasteiger partial charge in [0.25, 0.3) is 0 Å². The molecular formula is C14H15F3N2O4. The van der Waals surface area contributed by atoms with Crippen molar-refractivity contribution in [1.29, 1.82) is 0 Å². The first-order valence-electron chi connectivity index (χ1n) is 6.73. The largest absolute Gasteiger partial charge is 0.467 e. The highest BCUT2D eigenvalue weighted by atomic mass is 19.4. The van der Waals surface area contributed by atoms with Gasteiger partial charge in [-0.05, 0) is 18.2 Å². The Morgan fingerprint density at radius 2 is 2.09 bits per heavy atom. The standard InChI is InChI=1S/C14H15F3N2O4/c1-23-12(21)11-6-10(20)7-19(11)13(22)18-9-4-2-3-8(5-9)14(15,16)17/h2-5,10-11,20H,6-7H2,1H3,(H,18,22)/t10-,11-/m0/s1. The van der Waals surface area contributed by atoms with E-state index >= 15 is 0 Å². The van der Waals surface area contributed by atoms with E-state index in [1.54, 1.807) is 0 Å². The van der Waals surface area contributed by atoms with Crippen LogP contribution in [0.1, 0.15) is 12.0 Å². The summed E-state index contributed by atoms with van der Waals surface area (Å²) in [4.78, 5) is 24.8. The first kappa shape index (κ1) is 17.1. The number of halogens is 3. The lowest BCUT2D eigenvalue weighted by Crippen LogP contribution is -2.43. The van der Waals surface area contributed by atoms with Gasteiger partial charge in [-0.15, -0.1) is 0 Å². The molecule has 0 unspecified atom stereocenters. The van der Waals surface area contributed by atoms with Gasteiger partial charge in [-0.25, -0.2) is 9.59 Å². The molecule has 1 aliphatic rings. The zero-order valence-electron chi connectivity index (χ0n) is 12.1. The number of nitrogens with one attached hydrogen (secondary N) is 1. The number of rotatable bonds is 2. The van der Waals surface area contributed by atoms with Crippen LogP contribution < -0.4 is 5.32 Å². The SMILES string of the molecule is COC(=O)[C@@H]1C[C@H](O)CN1C(=O)Nc1cccc(C(F)(F)F)c1. The molecular weight excluding hydrogens is 317 g/mol. The number of β-amino-alcohol motifs (C(OH)–C–C–N with tert-alkyl or cyclic N) is 1. The van der Waals surface area contributed by atoms with Crippen LogP contribution in [0.3, 0.4) is 0 Å². The molecule has 0 aromatic heterocycles. The van der Waals surface area contributed by atoms with Crippen molar-refractivity contribution in [2.24, 2.45) is 0 Å². The molecule has 6 nitrogen and oxygen atoms in total. The van der Waals surface area contributed by atoms with Crippen molar-refractivity contribution in [2.75, 3.05) is 19.0 Å². The first-order chi connectivity index (χ1) is 10.7. The number of aliphatic hydroxyl groups excluding tert-OH is 1. The van der Waals surface area contributed by atoms with Gasteiger partial charge in [0.05, 0.1) is 18.8 Å². The number of ether oxygens (including phenoxy) is 1. The summed E-state index contributed by atoms with van der Waals surface area (Å²) in [5, 5.41) is 11.9. The number of benzene rings is 1. The maximum absolute atomic E-state index is 12.7. The van der Waals surface area contributed by atoms with E-state index in [4.69, 9.17) is 0 Å². The number of aliphatic hydroxyl groups is 1. The molecule has 0 aliphatic carbocycles. The minimum absolute atomic E-state index is 0.0166. The number of carbonyl (C=O) groups excluding carboxylic acids is 2. The Bertz CT molecular complexity index is 606. The number of urea groups is 1. The summed E-state index contributed by atoms with van der Waals surface area (Å²) < 4.78 is 42.5. The summed E-state index contributed by atoms with van der Waals surface area (Å²) in [6.45, 7) is -0.107. The van der Waals surface area contributed by atoms with E-state index in [9.17, 15) is 27.9 Å². The van der Waals surface area contributed by atoms with Crippen molar-refractivity contribution < 1.29 is 32.6 Å². The summed E-state index contributed by atoms with van der Waals surface area (Å²) in [5.41, 5.74) is -0.962. The molecule has 2 N–H and O–H groups in total. The zero-order chi connectivity index (χ0) is 17.2. The molecule has 0 saturated carbocycles. The lowest BCUT2D eigenvalue weighted by atomic mass is 10.2. The second-order valence-corrected chi connectivity index (χ2v) is 5.09. The normalized spacial score (nSPS) is 21.2. The van der Waals surface area contributed by atoms with Gasteiger partial charge >= 0.3 is 18.2 Å². The predicted molar refractivity (Wildman–Crippen MR) is 73.6 cm³/mol. The highest BCUT2D eigenvalue weighted by Crippen LogP contribution is 2.31. The molecule has 2 atom stereocenters. The fraction of sp³-hybridized carbons (Fsp3) is 0.429. The van der Waals surface area contributed by atoms with Crippen LogP contribution in [0.5, 0.6) is 0 Å². The van der Waals surface area contributed by atoms with Crippen LogP contribution in [0.4, 0.5) is 23.7 Å². The third-order valence-electron chi connectivity index (χ3n) is 3.45. The summed E-state index contributed by atoms with van der Waals surface area (Å²) in [5.74, 6) is -0.694. The van der Waals surface area contributed by atoms with Crippen LogP contribution in [0.2, 0.25) is 0 Å². The average Bonchev–Trinajstić information content (AvgIpc) is 2.88. The molecule has 1 heterocycles. The van der Waals surface area contributed by atoms with Crippen LogP contribution >= 0.6 is 0 Å². The Kier molecular flexibility index (Phi) is 4.79. The van der Waals surface area contributed by atoms with E-state index in [1.807, 2.05) is 0 Å². The number of nitrogens with zero attached hydrogens (tertiary/aromatic N) is 1. The number of hydrogen-bond donors (Lipinski definition) is 2. The number of likely N-dealkylation sites (tertiary alicyclic amines) is 1. The van der Waals surface area contributed by atoms with Crippen molar-refractivity contribution in [3.8, 4) is 0 Å². The zero-order valence-corrected chi connectivity index (χ0v) is 12.1. The quantitative estimate of drug-likeness (QED) is 0.810. The molecule has 2 amide bonds. The van der Waals surface area contributed by atoms with E-state index in [-0.39, 0.29) is 18.7 Å². The lowest BCUT2D eigenvalue weighted by Gasteiger charge is -2.22.